The van der Waals surface area contributed by atoms with Crippen LogP contribution in [0, 0.1) is 10.1 Å². The summed E-state index contributed by atoms with van der Waals surface area (Å²) >= 11 is 1.35. The number of hydrogen-bond donors (Lipinski definition) is 2. The Morgan fingerprint density at radius 1 is 1.57 bits per heavy atom. The molecule has 0 spiro atoms. The standard InChI is InChI=1S/C13H15N3O4S/c1-8(3-2-4-11(17)18)15-9-5-6-10-12(14-7-21-10)13(9)16(19)20/h5-8,15H,2-4H2,1H3,(H,17,18). The molecule has 7 nitrogen and oxygen atoms in total. The van der Waals surface area contributed by atoms with Crippen molar-refractivity contribution in [2.45, 2.75) is 32.2 Å². The van der Waals surface area contributed by atoms with Crippen molar-refractivity contribution in [1.29, 1.82) is 0 Å². The second-order valence-corrected chi connectivity index (χ2v) is 5.64. The summed E-state index contributed by atoms with van der Waals surface area (Å²) in [5, 5.41) is 23.0. The molecule has 2 rings (SSSR count). The first-order chi connectivity index (χ1) is 9.99. The smallest absolute Gasteiger partial charge is 0.319 e. The fourth-order valence-corrected chi connectivity index (χ4v) is 2.79. The van der Waals surface area contributed by atoms with E-state index in [1.165, 1.54) is 11.3 Å². The third-order valence-electron chi connectivity index (χ3n) is 3.09. The van der Waals surface area contributed by atoms with E-state index < -0.39 is 10.9 Å². The Bertz CT molecular complexity index is 670. The van der Waals surface area contributed by atoms with Gasteiger partial charge >= 0.3 is 11.7 Å². The monoisotopic (exact) mass is 309 g/mol. The molecular weight excluding hydrogens is 294 g/mol. The SMILES string of the molecule is CC(CCCC(=O)O)Nc1ccc2scnc2c1[N+](=O)[O-]. The van der Waals surface area contributed by atoms with Crippen LogP contribution in [0.4, 0.5) is 11.4 Å². The van der Waals surface area contributed by atoms with E-state index in [9.17, 15) is 14.9 Å². The minimum Gasteiger partial charge on any atom is -0.481 e. The zero-order chi connectivity index (χ0) is 15.4. The van der Waals surface area contributed by atoms with E-state index in [0.29, 0.717) is 24.0 Å². The van der Waals surface area contributed by atoms with Crippen molar-refractivity contribution in [2.24, 2.45) is 0 Å². The van der Waals surface area contributed by atoms with Gasteiger partial charge in [0, 0.05) is 12.5 Å². The van der Waals surface area contributed by atoms with Crippen molar-refractivity contribution in [3.8, 4) is 0 Å². The van der Waals surface area contributed by atoms with Crippen LogP contribution >= 0.6 is 11.3 Å². The molecule has 1 aromatic heterocycles. The molecule has 0 saturated heterocycles. The number of carboxylic acids is 1. The van der Waals surface area contributed by atoms with Gasteiger partial charge < -0.3 is 10.4 Å². The van der Waals surface area contributed by atoms with Crippen LogP contribution < -0.4 is 5.32 Å². The fraction of sp³-hybridized carbons (Fsp3) is 0.385. The van der Waals surface area contributed by atoms with Crippen molar-refractivity contribution in [2.75, 3.05) is 5.32 Å². The molecule has 112 valence electrons. The van der Waals surface area contributed by atoms with E-state index in [0.717, 1.165) is 4.70 Å². The van der Waals surface area contributed by atoms with Crippen molar-refractivity contribution in [3.63, 3.8) is 0 Å². The molecule has 0 fully saturated rings. The zero-order valence-electron chi connectivity index (χ0n) is 11.4. The summed E-state index contributed by atoms with van der Waals surface area (Å²) in [5.41, 5.74) is 2.35. The maximum Gasteiger partial charge on any atom is 0.319 e. The maximum absolute atomic E-state index is 11.3. The molecule has 0 amide bonds. The van der Waals surface area contributed by atoms with Crippen molar-refractivity contribution in [1.82, 2.24) is 4.98 Å². The summed E-state index contributed by atoms with van der Waals surface area (Å²) in [6.45, 7) is 1.87. The normalized spacial score (nSPS) is 12.2. The highest BCUT2D eigenvalue weighted by molar-refractivity contribution is 7.16. The summed E-state index contributed by atoms with van der Waals surface area (Å²) in [6, 6.07) is 3.41. The van der Waals surface area contributed by atoms with E-state index >= 15 is 0 Å². The summed E-state index contributed by atoms with van der Waals surface area (Å²) in [4.78, 5) is 25.4. The topological polar surface area (TPSA) is 105 Å². The lowest BCUT2D eigenvalue weighted by Crippen LogP contribution is -2.16. The van der Waals surface area contributed by atoms with Gasteiger partial charge in [-0.25, -0.2) is 4.98 Å². The second-order valence-electron chi connectivity index (χ2n) is 4.75. The van der Waals surface area contributed by atoms with Gasteiger partial charge in [-0.05, 0) is 31.9 Å². The van der Waals surface area contributed by atoms with E-state index in [1.807, 2.05) is 6.92 Å². The number of nitro benzene ring substituents is 1. The van der Waals surface area contributed by atoms with Crippen LogP contribution in [0.15, 0.2) is 17.6 Å². The number of anilines is 1. The number of aromatic nitrogens is 1. The molecule has 0 aliphatic rings. The van der Waals surface area contributed by atoms with Gasteiger partial charge in [-0.3, -0.25) is 14.9 Å². The Morgan fingerprint density at radius 3 is 3.00 bits per heavy atom. The Balaban J connectivity index is 2.15. The molecule has 0 aliphatic heterocycles. The van der Waals surface area contributed by atoms with Gasteiger partial charge in [0.25, 0.3) is 0 Å². The van der Waals surface area contributed by atoms with Crippen molar-refractivity contribution >= 4 is 38.9 Å². The van der Waals surface area contributed by atoms with Crippen LogP contribution in [0.3, 0.4) is 0 Å². The molecule has 0 bridgehead atoms. The number of nitro groups is 1. The average molecular weight is 309 g/mol. The van der Waals surface area contributed by atoms with Gasteiger partial charge in [0.05, 0.1) is 15.1 Å². The van der Waals surface area contributed by atoms with Crippen LogP contribution in [0.5, 0.6) is 0 Å². The number of thiazole rings is 1. The van der Waals surface area contributed by atoms with Crippen molar-refractivity contribution < 1.29 is 14.8 Å². The zero-order valence-corrected chi connectivity index (χ0v) is 12.2. The predicted octanol–water partition coefficient (Wildman–Crippen LogP) is 3.26. The number of carboxylic acid groups (broad SMARTS) is 1. The molecule has 21 heavy (non-hydrogen) atoms. The minimum atomic E-state index is -0.836. The maximum atomic E-state index is 11.3. The van der Waals surface area contributed by atoms with Gasteiger partial charge in [0.15, 0.2) is 5.52 Å². The molecular formula is C13H15N3O4S. The van der Waals surface area contributed by atoms with Gasteiger partial charge in [-0.1, -0.05) is 0 Å². The summed E-state index contributed by atoms with van der Waals surface area (Å²) in [7, 11) is 0. The molecule has 1 aromatic carbocycles. The molecule has 1 atom stereocenters. The molecule has 8 heteroatoms. The quantitative estimate of drug-likeness (QED) is 0.600. The number of carbonyl (C=O) groups is 1. The van der Waals surface area contributed by atoms with Gasteiger partial charge in [-0.2, -0.15) is 0 Å². The Kier molecular flexibility index (Phi) is 4.69. The highest BCUT2D eigenvalue weighted by Crippen LogP contribution is 2.34. The van der Waals surface area contributed by atoms with Crippen LogP contribution in [-0.2, 0) is 4.79 Å². The third kappa shape index (κ3) is 3.66. The van der Waals surface area contributed by atoms with Gasteiger partial charge in [0.2, 0.25) is 0 Å². The average Bonchev–Trinajstić information content (AvgIpc) is 2.85. The van der Waals surface area contributed by atoms with Crippen LogP contribution in [0.25, 0.3) is 10.2 Å². The lowest BCUT2D eigenvalue weighted by molar-refractivity contribution is -0.382. The molecule has 2 aromatic rings. The number of fused-ring (bicyclic) bond motifs is 1. The van der Waals surface area contributed by atoms with Gasteiger partial charge in [0.1, 0.15) is 5.69 Å². The lowest BCUT2D eigenvalue weighted by atomic mass is 10.1. The van der Waals surface area contributed by atoms with E-state index in [4.69, 9.17) is 5.11 Å². The Labute approximate surface area is 124 Å². The number of hydrogen-bond acceptors (Lipinski definition) is 6. The van der Waals surface area contributed by atoms with Gasteiger partial charge in [-0.15, -0.1) is 11.3 Å². The fourth-order valence-electron chi connectivity index (χ4n) is 2.12. The number of nitrogens with one attached hydrogen (secondary N) is 1. The number of aliphatic carboxylic acids is 1. The first kappa shape index (κ1) is 15.2. The highest BCUT2D eigenvalue weighted by Gasteiger charge is 2.21. The lowest BCUT2D eigenvalue weighted by Gasteiger charge is -2.14. The Hall–Kier alpha value is -2.22. The molecule has 0 radical (unpaired) electrons. The molecule has 1 heterocycles. The molecule has 0 saturated carbocycles. The van der Waals surface area contributed by atoms with E-state index in [2.05, 4.69) is 10.3 Å². The first-order valence-corrected chi connectivity index (χ1v) is 7.36. The number of nitrogens with zero attached hydrogens (tertiary/aromatic N) is 2. The first-order valence-electron chi connectivity index (χ1n) is 6.48. The molecule has 0 aliphatic carbocycles. The van der Waals surface area contributed by atoms with Crippen molar-refractivity contribution in [3.05, 3.63) is 27.8 Å². The third-order valence-corrected chi connectivity index (χ3v) is 3.88. The molecule has 2 N–H and O–H groups in total. The summed E-state index contributed by atoms with van der Waals surface area (Å²) in [5.74, 6) is -0.836. The highest BCUT2D eigenvalue weighted by atomic mass is 32.1. The summed E-state index contributed by atoms with van der Waals surface area (Å²) < 4.78 is 0.769. The summed E-state index contributed by atoms with van der Waals surface area (Å²) in [6.07, 6.45) is 1.24. The Morgan fingerprint density at radius 2 is 2.33 bits per heavy atom. The number of rotatable bonds is 7. The van der Waals surface area contributed by atoms with E-state index in [-0.39, 0.29) is 18.2 Å². The van der Waals surface area contributed by atoms with Crippen LogP contribution in [-0.4, -0.2) is 27.0 Å². The predicted molar refractivity (Wildman–Crippen MR) is 80.8 cm³/mol. The minimum absolute atomic E-state index is 0.0289. The largest absolute Gasteiger partial charge is 0.481 e. The molecule has 1 unspecified atom stereocenters. The van der Waals surface area contributed by atoms with Crippen LogP contribution in [0.1, 0.15) is 26.2 Å². The number of benzene rings is 1. The van der Waals surface area contributed by atoms with Crippen LogP contribution in [0.2, 0.25) is 0 Å². The van der Waals surface area contributed by atoms with E-state index in [1.54, 1.807) is 17.6 Å². The second kappa shape index (κ2) is 6.49.